The van der Waals surface area contributed by atoms with Crippen LogP contribution in [0.1, 0.15) is 30.0 Å². The molecule has 0 saturated carbocycles. The summed E-state index contributed by atoms with van der Waals surface area (Å²) in [6, 6.07) is 8.79. The van der Waals surface area contributed by atoms with Gasteiger partial charge in [-0.05, 0) is 43.1 Å². The van der Waals surface area contributed by atoms with Crippen molar-refractivity contribution in [3.05, 3.63) is 59.9 Å². The van der Waals surface area contributed by atoms with Crippen LogP contribution in [0.5, 0.6) is 0 Å². The molecule has 20 heavy (non-hydrogen) atoms. The molecule has 104 valence electrons. The molecular formula is C16H18FN3. The number of hydrogen-bond donors (Lipinski definition) is 0. The Bertz CT molecular complexity index is 541. The van der Waals surface area contributed by atoms with Gasteiger partial charge in [-0.2, -0.15) is 0 Å². The summed E-state index contributed by atoms with van der Waals surface area (Å²) in [6.07, 6.45) is 5.78. The topological polar surface area (TPSA) is 29.0 Å². The fourth-order valence-corrected chi connectivity index (χ4v) is 2.83. The first-order valence-corrected chi connectivity index (χ1v) is 7.04. The molecular weight excluding hydrogens is 253 g/mol. The van der Waals surface area contributed by atoms with E-state index in [-0.39, 0.29) is 5.82 Å². The number of aromatic nitrogens is 2. The summed E-state index contributed by atoms with van der Waals surface area (Å²) in [6.45, 7) is 2.98. The number of hydrogen-bond acceptors (Lipinski definition) is 3. The van der Waals surface area contributed by atoms with Gasteiger partial charge in [-0.1, -0.05) is 12.1 Å². The Hall–Kier alpha value is -1.81. The van der Waals surface area contributed by atoms with Crippen LogP contribution in [0, 0.1) is 5.82 Å². The van der Waals surface area contributed by atoms with Gasteiger partial charge >= 0.3 is 0 Å². The highest BCUT2D eigenvalue weighted by Crippen LogP contribution is 2.26. The van der Waals surface area contributed by atoms with E-state index in [1.54, 1.807) is 12.5 Å². The van der Waals surface area contributed by atoms with Crippen molar-refractivity contribution in [1.29, 1.82) is 0 Å². The maximum Gasteiger partial charge on any atom is 0.123 e. The van der Waals surface area contributed by atoms with Crippen LogP contribution in [0.25, 0.3) is 0 Å². The molecule has 1 aliphatic heterocycles. The monoisotopic (exact) mass is 271 g/mol. The van der Waals surface area contributed by atoms with E-state index in [4.69, 9.17) is 0 Å². The van der Waals surface area contributed by atoms with Crippen molar-refractivity contribution >= 4 is 0 Å². The zero-order valence-electron chi connectivity index (χ0n) is 11.4. The van der Waals surface area contributed by atoms with E-state index in [0.717, 1.165) is 30.9 Å². The minimum atomic E-state index is -0.175. The molecule has 0 radical (unpaired) electrons. The highest BCUT2D eigenvalue weighted by Gasteiger charge is 2.22. The van der Waals surface area contributed by atoms with Crippen molar-refractivity contribution in [3.8, 4) is 0 Å². The second kappa shape index (κ2) is 6.09. The Morgan fingerprint density at radius 1 is 1.20 bits per heavy atom. The zero-order chi connectivity index (χ0) is 13.8. The molecule has 1 fully saturated rings. The highest BCUT2D eigenvalue weighted by atomic mass is 19.1. The van der Waals surface area contributed by atoms with Gasteiger partial charge in [0.1, 0.15) is 12.1 Å². The van der Waals surface area contributed by atoms with Gasteiger partial charge in [0.05, 0.1) is 0 Å². The molecule has 2 aromatic rings. The first-order valence-electron chi connectivity index (χ1n) is 7.04. The predicted octanol–water partition coefficient (Wildman–Crippen LogP) is 3.00. The maximum absolute atomic E-state index is 12.9. The molecule has 1 aromatic heterocycles. The van der Waals surface area contributed by atoms with Crippen LogP contribution >= 0.6 is 0 Å². The predicted molar refractivity (Wildman–Crippen MR) is 75.7 cm³/mol. The van der Waals surface area contributed by atoms with Crippen LogP contribution in [0.3, 0.4) is 0 Å². The summed E-state index contributed by atoms with van der Waals surface area (Å²) in [5.74, 6) is 0.304. The van der Waals surface area contributed by atoms with Crippen LogP contribution in [0.2, 0.25) is 0 Å². The molecule has 0 spiro atoms. The molecule has 0 amide bonds. The van der Waals surface area contributed by atoms with Crippen molar-refractivity contribution in [2.75, 3.05) is 13.1 Å². The van der Waals surface area contributed by atoms with Crippen molar-refractivity contribution in [2.24, 2.45) is 0 Å². The number of nitrogens with zero attached hydrogens (tertiary/aromatic N) is 3. The van der Waals surface area contributed by atoms with Crippen molar-refractivity contribution in [1.82, 2.24) is 14.9 Å². The van der Waals surface area contributed by atoms with Gasteiger partial charge in [-0.25, -0.2) is 14.4 Å². The number of halogens is 1. The number of piperidine rings is 1. The fraction of sp³-hybridized carbons (Fsp3) is 0.375. The van der Waals surface area contributed by atoms with E-state index in [1.165, 1.54) is 25.0 Å². The second-order valence-corrected chi connectivity index (χ2v) is 5.33. The lowest BCUT2D eigenvalue weighted by atomic mass is 9.94. The molecule has 1 aromatic carbocycles. The number of rotatable bonds is 3. The van der Waals surface area contributed by atoms with Gasteiger partial charge in [0.25, 0.3) is 0 Å². The van der Waals surface area contributed by atoms with Gasteiger partial charge in [-0.15, -0.1) is 0 Å². The van der Waals surface area contributed by atoms with Crippen LogP contribution in [-0.4, -0.2) is 28.0 Å². The molecule has 3 nitrogen and oxygen atoms in total. The zero-order valence-corrected chi connectivity index (χ0v) is 11.4. The van der Waals surface area contributed by atoms with Gasteiger partial charge in [0.2, 0.25) is 0 Å². The summed E-state index contributed by atoms with van der Waals surface area (Å²) in [5, 5.41) is 0. The highest BCUT2D eigenvalue weighted by molar-refractivity contribution is 5.16. The molecule has 1 unspecified atom stereocenters. The van der Waals surface area contributed by atoms with E-state index < -0.39 is 0 Å². The Morgan fingerprint density at radius 3 is 2.80 bits per heavy atom. The standard InChI is InChI=1S/C16H18FN3/c17-15-5-3-13(4-6-15)10-20-9-1-2-14(11-20)16-7-8-18-12-19-16/h3-8,12,14H,1-2,9-11H2. The Balaban J connectivity index is 1.65. The lowest BCUT2D eigenvalue weighted by molar-refractivity contribution is 0.198. The summed E-state index contributed by atoms with van der Waals surface area (Å²) in [5.41, 5.74) is 2.29. The van der Waals surface area contributed by atoms with E-state index in [0.29, 0.717) is 5.92 Å². The molecule has 1 saturated heterocycles. The summed E-state index contributed by atoms with van der Waals surface area (Å²) < 4.78 is 12.9. The normalized spacial score (nSPS) is 19.9. The van der Waals surface area contributed by atoms with Crippen LogP contribution in [0.15, 0.2) is 42.9 Å². The van der Waals surface area contributed by atoms with Gasteiger partial charge < -0.3 is 0 Å². The summed E-state index contributed by atoms with van der Waals surface area (Å²) in [4.78, 5) is 10.8. The Labute approximate surface area is 118 Å². The quantitative estimate of drug-likeness (QED) is 0.859. The molecule has 2 heterocycles. The maximum atomic E-state index is 12.9. The van der Waals surface area contributed by atoms with E-state index in [9.17, 15) is 4.39 Å². The minimum Gasteiger partial charge on any atom is -0.298 e. The van der Waals surface area contributed by atoms with Crippen molar-refractivity contribution < 1.29 is 4.39 Å². The summed E-state index contributed by atoms with van der Waals surface area (Å²) >= 11 is 0. The van der Waals surface area contributed by atoms with Crippen LogP contribution in [0.4, 0.5) is 4.39 Å². The molecule has 1 aliphatic rings. The largest absolute Gasteiger partial charge is 0.298 e. The molecule has 3 rings (SSSR count). The molecule has 1 atom stereocenters. The molecule has 0 aliphatic carbocycles. The molecule has 0 N–H and O–H groups in total. The lowest BCUT2D eigenvalue weighted by Crippen LogP contribution is -2.34. The number of likely N-dealkylation sites (tertiary alicyclic amines) is 1. The first-order chi connectivity index (χ1) is 9.81. The van der Waals surface area contributed by atoms with Gasteiger partial charge in [0, 0.05) is 30.9 Å². The minimum absolute atomic E-state index is 0.175. The van der Waals surface area contributed by atoms with Crippen molar-refractivity contribution in [2.45, 2.75) is 25.3 Å². The number of benzene rings is 1. The van der Waals surface area contributed by atoms with Gasteiger partial charge in [-0.3, -0.25) is 4.90 Å². The third-order valence-electron chi connectivity index (χ3n) is 3.85. The third kappa shape index (κ3) is 3.20. The van der Waals surface area contributed by atoms with Crippen LogP contribution < -0.4 is 0 Å². The van der Waals surface area contributed by atoms with E-state index in [2.05, 4.69) is 14.9 Å². The average Bonchev–Trinajstić information content (AvgIpc) is 2.51. The molecule has 4 heteroatoms. The Kier molecular flexibility index (Phi) is 4.02. The van der Waals surface area contributed by atoms with E-state index >= 15 is 0 Å². The molecule has 0 bridgehead atoms. The van der Waals surface area contributed by atoms with Crippen molar-refractivity contribution in [3.63, 3.8) is 0 Å². The Morgan fingerprint density at radius 2 is 2.05 bits per heavy atom. The van der Waals surface area contributed by atoms with Gasteiger partial charge in [0.15, 0.2) is 0 Å². The second-order valence-electron chi connectivity index (χ2n) is 5.33. The lowest BCUT2D eigenvalue weighted by Gasteiger charge is -2.32. The van der Waals surface area contributed by atoms with Crippen LogP contribution in [-0.2, 0) is 6.54 Å². The average molecular weight is 271 g/mol. The fourth-order valence-electron chi connectivity index (χ4n) is 2.83. The SMILES string of the molecule is Fc1ccc(CN2CCCC(c3ccncn3)C2)cc1. The smallest absolute Gasteiger partial charge is 0.123 e. The van der Waals surface area contributed by atoms with E-state index in [1.807, 2.05) is 18.2 Å². The first kappa shape index (κ1) is 13.2. The summed E-state index contributed by atoms with van der Waals surface area (Å²) in [7, 11) is 0. The third-order valence-corrected chi connectivity index (χ3v) is 3.85.